The number of ether oxygens (including phenoxy) is 1. The minimum atomic E-state index is -0.262. The number of pyridine rings is 1. The number of nitrogens with one attached hydrogen (secondary N) is 3. The largest absolute Gasteiger partial charge is 0.457 e. The molecule has 1 aliphatic heterocycles. The first-order valence-corrected chi connectivity index (χ1v) is 12.2. The molecule has 186 valence electrons. The number of rotatable bonds is 7. The van der Waals surface area contributed by atoms with Gasteiger partial charge in [-0.2, -0.15) is 0 Å². The van der Waals surface area contributed by atoms with Gasteiger partial charge in [0.05, 0.1) is 11.0 Å². The Balaban J connectivity index is 1.32. The van der Waals surface area contributed by atoms with Crippen molar-refractivity contribution in [3.63, 3.8) is 0 Å². The zero-order valence-electron chi connectivity index (χ0n) is 20.8. The molecule has 0 radical (unpaired) electrons. The molecule has 1 unspecified atom stereocenters. The van der Waals surface area contributed by atoms with E-state index in [1.54, 1.807) is 25.4 Å². The number of amides is 1. The molecule has 0 bridgehead atoms. The summed E-state index contributed by atoms with van der Waals surface area (Å²) in [6.45, 7) is 5.30. The summed E-state index contributed by atoms with van der Waals surface area (Å²) in [6.07, 6.45) is 2.67. The first-order chi connectivity index (χ1) is 17.6. The van der Waals surface area contributed by atoms with Crippen LogP contribution in [0.3, 0.4) is 0 Å². The van der Waals surface area contributed by atoms with E-state index in [-0.39, 0.29) is 5.91 Å². The molecule has 0 aliphatic carbocycles. The monoisotopic (exact) mass is 485 g/mol. The number of piperazine rings is 1. The molecule has 36 heavy (non-hydrogen) atoms. The molecule has 5 rings (SSSR count). The highest BCUT2D eigenvalue weighted by molar-refractivity contribution is 5.92. The Morgan fingerprint density at radius 2 is 1.94 bits per heavy atom. The number of aromatic nitrogens is 3. The first-order valence-electron chi connectivity index (χ1n) is 12.2. The molecule has 2 aromatic heterocycles. The standard InChI is InChI=1S/C27H31N7O2/c1-4-19-17-29-13-14-34(19)20-7-5-18(6-8-20)31-27-32-23-15-21(9-10-25(23)33(27)3)36-22-11-12-30-24(16-22)26(35)28-2/h5-12,15-16,19,29H,4,13-14,17H2,1-3H3,(H,28,35)(H,31,32). The summed E-state index contributed by atoms with van der Waals surface area (Å²) in [6, 6.07) is 18.2. The topological polar surface area (TPSA) is 96.3 Å². The summed E-state index contributed by atoms with van der Waals surface area (Å²) >= 11 is 0. The maximum atomic E-state index is 11.9. The highest BCUT2D eigenvalue weighted by Crippen LogP contribution is 2.29. The van der Waals surface area contributed by atoms with Crippen molar-refractivity contribution in [1.82, 2.24) is 25.2 Å². The number of fused-ring (bicyclic) bond motifs is 1. The van der Waals surface area contributed by atoms with Crippen molar-refractivity contribution >= 4 is 34.3 Å². The molecular weight excluding hydrogens is 454 g/mol. The third-order valence-electron chi connectivity index (χ3n) is 6.56. The van der Waals surface area contributed by atoms with Gasteiger partial charge in [0, 0.05) is 69.5 Å². The van der Waals surface area contributed by atoms with Crippen LogP contribution < -0.4 is 25.6 Å². The van der Waals surface area contributed by atoms with E-state index >= 15 is 0 Å². The zero-order valence-corrected chi connectivity index (χ0v) is 20.8. The molecule has 3 N–H and O–H groups in total. The van der Waals surface area contributed by atoms with Crippen LogP contribution in [0, 0.1) is 0 Å². The van der Waals surface area contributed by atoms with Gasteiger partial charge in [-0.15, -0.1) is 0 Å². The summed E-state index contributed by atoms with van der Waals surface area (Å²) in [5.74, 6) is 1.65. The maximum absolute atomic E-state index is 11.9. The molecule has 0 spiro atoms. The average molecular weight is 486 g/mol. The van der Waals surface area contributed by atoms with Gasteiger partial charge < -0.3 is 30.2 Å². The van der Waals surface area contributed by atoms with Gasteiger partial charge in [-0.05, 0) is 48.9 Å². The average Bonchev–Trinajstić information content (AvgIpc) is 3.22. The Morgan fingerprint density at radius 3 is 2.72 bits per heavy atom. The number of hydrogen-bond acceptors (Lipinski definition) is 7. The number of carbonyl (C=O) groups is 1. The van der Waals surface area contributed by atoms with E-state index in [2.05, 4.69) is 57.0 Å². The van der Waals surface area contributed by atoms with Gasteiger partial charge >= 0.3 is 0 Å². The van der Waals surface area contributed by atoms with Crippen LogP contribution in [-0.4, -0.2) is 53.2 Å². The lowest BCUT2D eigenvalue weighted by atomic mass is 10.1. The van der Waals surface area contributed by atoms with Gasteiger partial charge in [-0.25, -0.2) is 4.98 Å². The molecular formula is C27H31N7O2. The SMILES string of the molecule is CCC1CNCCN1c1ccc(Nc2nc3cc(Oc4ccnc(C(=O)NC)c4)ccc3n2C)cc1. The van der Waals surface area contributed by atoms with E-state index in [0.29, 0.717) is 23.2 Å². The highest BCUT2D eigenvalue weighted by Gasteiger charge is 2.20. The molecule has 1 amide bonds. The van der Waals surface area contributed by atoms with Crippen LogP contribution in [0.4, 0.5) is 17.3 Å². The quantitative estimate of drug-likeness (QED) is 0.363. The normalized spacial score (nSPS) is 15.6. The summed E-state index contributed by atoms with van der Waals surface area (Å²) < 4.78 is 8.00. The second-order valence-electron chi connectivity index (χ2n) is 8.83. The number of benzene rings is 2. The molecule has 9 nitrogen and oxygen atoms in total. The fourth-order valence-electron chi connectivity index (χ4n) is 4.55. The third-order valence-corrected chi connectivity index (χ3v) is 6.56. The summed E-state index contributed by atoms with van der Waals surface area (Å²) in [4.78, 5) is 23.2. The second kappa shape index (κ2) is 10.2. The summed E-state index contributed by atoms with van der Waals surface area (Å²) in [5, 5.41) is 9.49. The van der Waals surface area contributed by atoms with E-state index in [1.165, 1.54) is 5.69 Å². The third kappa shape index (κ3) is 4.83. The van der Waals surface area contributed by atoms with Crippen molar-refractivity contribution in [3.8, 4) is 11.5 Å². The van der Waals surface area contributed by atoms with Crippen LogP contribution in [0.5, 0.6) is 11.5 Å². The number of anilines is 3. The molecule has 0 saturated carbocycles. The lowest BCUT2D eigenvalue weighted by Crippen LogP contribution is -2.51. The summed E-state index contributed by atoms with van der Waals surface area (Å²) in [5.41, 5.74) is 4.32. The molecule has 4 aromatic rings. The van der Waals surface area contributed by atoms with Crippen LogP contribution in [0.15, 0.2) is 60.8 Å². The van der Waals surface area contributed by atoms with Crippen molar-refractivity contribution in [3.05, 3.63) is 66.5 Å². The highest BCUT2D eigenvalue weighted by atomic mass is 16.5. The molecule has 1 atom stereocenters. The van der Waals surface area contributed by atoms with Gasteiger partial charge in [0.15, 0.2) is 0 Å². The predicted molar refractivity (Wildman–Crippen MR) is 142 cm³/mol. The summed E-state index contributed by atoms with van der Waals surface area (Å²) in [7, 11) is 3.55. The first kappa shape index (κ1) is 23.6. The number of hydrogen-bond donors (Lipinski definition) is 3. The molecule has 9 heteroatoms. The Labute approximate surface area is 210 Å². The minimum absolute atomic E-state index is 0.262. The lowest BCUT2D eigenvalue weighted by molar-refractivity contribution is 0.0958. The van der Waals surface area contributed by atoms with Crippen LogP contribution in [0.25, 0.3) is 11.0 Å². The van der Waals surface area contributed by atoms with Gasteiger partial charge in [-0.3, -0.25) is 9.78 Å². The van der Waals surface area contributed by atoms with Gasteiger partial charge in [0.2, 0.25) is 5.95 Å². The fraction of sp³-hybridized carbons (Fsp3) is 0.296. The smallest absolute Gasteiger partial charge is 0.269 e. The van der Waals surface area contributed by atoms with E-state index in [0.717, 1.165) is 48.7 Å². The molecule has 1 saturated heterocycles. The van der Waals surface area contributed by atoms with Crippen LogP contribution >= 0.6 is 0 Å². The van der Waals surface area contributed by atoms with E-state index in [1.807, 2.05) is 29.8 Å². The maximum Gasteiger partial charge on any atom is 0.269 e. The predicted octanol–water partition coefficient (Wildman–Crippen LogP) is 4.05. The van der Waals surface area contributed by atoms with E-state index in [4.69, 9.17) is 9.72 Å². The van der Waals surface area contributed by atoms with E-state index < -0.39 is 0 Å². The molecule has 2 aromatic carbocycles. The molecule has 3 heterocycles. The zero-order chi connectivity index (χ0) is 25.1. The van der Waals surface area contributed by atoms with Crippen molar-refractivity contribution < 1.29 is 9.53 Å². The van der Waals surface area contributed by atoms with E-state index in [9.17, 15) is 4.79 Å². The number of carbonyl (C=O) groups excluding carboxylic acids is 1. The number of imidazole rings is 1. The van der Waals surface area contributed by atoms with Crippen molar-refractivity contribution in [1.29, 1.82) is 0 Å². The van der Waals surface area contributed by atoms with Gasteiger partial charge in [0.1, 0.15) is 17.2 Å². The number of nitrogens with zero attached hydrogens (tertiary/aromatic N) is 4. The minimum Gasteiger partial charge on any atom is -0.457 e. The fourth-order valence-corrected chi connectivity index (χ4v) is 4.55. The van der Waals surface area contributed by atoms with Gasteiger partial charge in [0.25, 0.3) is 5.91 Å². The lowest BCUT2D eigenvalue weighted by Gasteiger charge is -2.37. The van der Waals surface area contributed by atoms with Crippen LogP contribution in [0.1, 0.15) is 23.8 Å². The van der Waals surface area contributed by atoms with Gasteiger partial charge in [-0.1, -0.05) is 6.92 Å². The molecule has 1 fully saturated rings. The Morgan fingerprint density at radius 1 is 1.14 bits per heavy atom. The van der Waals surface area contributed by atoms with Crippen molar-refractivity contribution in [2.45, 2.75) is 19.4 Å². The Hall–Kier alpha value is -4.11. The Bertz CT molecular complexity index is 1370. The second-order valence-corrected chi connectivity index (χ2v) is 8.83. The Kier molecular flexibility index (Phi) is 6.73. The number of aryl methyl sites for hydroxylation is 1. The molecule has 1 aliphatic rings. The van der Waals surface area contributed by atoms with Crippen molar-refractivity contribution in [2.75, 3.05) is 36.9 Å². The van der Waals surface area contributed by atoms with Crippen LogP contribution in [-0.2, 0) is 7.05 Å². The van der Waals surface area contributed by atoms with Crippen LogP contribution in [0.2, 0.25) is 0 Å². The van der Waals surface area contributed by atoms with Crippen molar-refractivity contribution in [2.24, 2.45) is 7.05 Å².